The molecule has 8 nitrogen and oxygen atoms in total. The van der Waals surface area contributed by atoms with Crippen LogP contribution in [0.3, 0.4) is 0 Å². The third-order valence-electron chi connectivity index (χ3n) is 2.27. The number of anilines is 1. The maximum absolute atomic E-state index is 13.8. The molecular formula is C10H5BrFN5O3. The lowest BCUT2D eigenvalue weighted by molar-refractivity contribution is 0.310. The van der Waals surface area contributed by atoms with Crippen molar-refractivity contribution in [3.8, 4) is 17.2 Å². The van der Waals surface area contributed by atoms with E-state index in [1.165, 1.54) is 0 Å². The molecule has 0 atom stereocenters. The molecule has 0 radical (unpaired) electrons. The van der Waals surface area contributed by atoms with Gasteiger partial charge in [0, 0.05) is 0 Å². The van der Waals surface area contributed by atoms with Gasteiger partial charge in [0.05, 0.1) is 14.3 Å². The fourth-order valence-corrected chi connectivity index (χ4v) is 1.71. The van der Waals surface area contributed by atoms with E-state index in [0.29, 0.717) is 4.57 Å². The molecule has 102 valence electrons. The number of hydrogen-bond donors (Lipinski definition) is 1. The predicted molar refractivity (Wildman–Crippen MR) is 67.5 cm³/mol. The van der Waals surface area contributed by atoms with Crippen LogP contribution in [0.25, 0.3) is 17.2 Å². The Kier molecular flexibility index (Phi) is 2.15. The number of nitrogens with two attached hydrogens (primary N) is 1. The molecule has 3 aromatic rings. The highest BCUT2D eigenvalue weighted by atomic mass is 79.9. The molecule has 0 saturated carbocycles. The fraction of sp³-hybridized carbons (Fsp3) is 0. The molecule has 2 aromatic heterocycles. The van der Waals surface area contributed by atoms with E-state index in [4.69, 9.17) is 9.85 Å². The van der Waals surface area contributed by atoms with E-state index in [9.17, 15) is 9.18 Å². The van der Waals surface area contributed by atoms with Gasteiger partial charge in [0.1, 0.15) is 5.82 Å². The second-order valence-electron chi connectivity index (χ2n) is 3.46. The number of nitrogens with zero attached hydrogens (tertiary/aromatic N) is 4. The molecule has 0 aliphatic heterocycles. The van der Waals surface area contributed by atoms with Gasteiger partial charge >= 0.3 is 5.76 Å². The van der Waals surface area contributed by atoms with Gasteiger partial charge in [-0.2, -0.15) is 0 Å². The van der Waals surface area contributed by atoms with Gasteiger partial charge in [0.15, 0.2) is 11.5 Å². The molecule has 3 rings (SSSR count). The number of nitrogen functional groups attached to an aromatic ring is 1. The van der Waals surface area contributed by atoms with Crippen molar-refractivity contribution in [1.82, 2.24) is 20.0 Å². The Labute approximate surface area is 122 Å². The molecule has 0 amide bonds. The van der Waals surface area contributed by atoms with Crippen molar-refractivity contribution in [2.75, 3.05) is 5.73 Å². The summed E-state index contributed by atoms with van der Waals surface area (Å²) in [5, 5.41) is 10.2. The van der Waals surface area contributed by atoms with Crippen LogP contribution in [0.15, 0.2) is 36.5 Å². The molecule has 0 aliphatic rings. The van der Waals surface area contributed by atoms with Crippen molar-refractivity contribution < 1.29 is 17.7 Å². The van der Waals surface area contributed by atoms with Crippen molar-refractivity contribution >= 4 is 21.7 Å². The predicted octanol–water partition coefficient (Wildman–Crippen LogP) is 1.36. The van der Waals surface area contributed by atoms with E-state index in [1.54, 1.807) is 0 Å². The Bertz CT molecular complexity index is 956. The highest BCUT2D eigenvalue weighted by Gasteiger charge is 2.21. The molecule has 10 heteroatoms. The summed E-state index contributed by atoms with van der Waals surface area (Å²) in [6.07, 6.45) is 0. The SMILES string of the molecule is [2H]c1c([2H])c(-n2c(-c3nonc3N)noc2=O)c([2H])c(Br)c1F. The molecule has 2 N–H and O–H groups in total. The second kappa shape index (κ2) is 4.56. The fourth-order valence-electron chi connectivity index (χ4n) is 1.42. The van der Waals surface area contributed by atoms with Crippen LogP contribution in [0.1, 0.15) is 4.11 Å². The second-order valence-corrected chi connectivity index (χ2v) is 4.25. The standard InChI is InChI=1S/C10H5BrFN5O3/c11-5-3-4(1-2-6(5)12)17-9(16-19-10(17)18)7-8(13)15-20-14-7/h1-3H,(H2,13,15)/i1D,2D,3D. The Hall–Kier alpha value is -2.49. The molecule has 0 bridgehead atoms. The summed E-state index contributed by atoms with van der Waals surface area (Å²) in [4.78, 5) is 11.9. The Balaban J connectivity index is 2.41. The average molecular weight is 345 g/mol. The van der Waals surface area contributed by atoms with Crippen molar-refractivity contribution in [1.29, 1.82) is 0 Å². The molecule has 0 aliphatic carbocycles. The normalized spacial score (nSPS) is 13.0. The van der Waals surface area contributed by atoms with E-state index >= 15 is 0 Å². The van der Waals surface area contributed by atoms with Crippen LogP contribution in [-0.2, 0) is 0 Å². The van der Waals surface area contributed by atoms with Crippen molar-refractivity contribution in [3.63, 3.8) is 0 Å². The number of hydrogen-bond acceptors (Lipinski definition) is 7. The molecule has 0 spiro atoms. The maximum atomic E-state index is 13.8. The summed E-state index contributed by atoms with van der Waals surface area (Å²) < 4.78 is 46.3. The highest BCUT2D eigenvalue weighted by molar-refractivity contribution is 9.10. The largest absolute Gasteiger partial charge is 0.446 e. The minimum Gasteiger partial charge on any atom is -0.379 e. The van der Waals surface area contributed by atoms with Crippen LogP contribution < -0.4 is 11.5 Å². The number of halogens is 2. The topological polar surface area (TPSA) is 113 Å². The van der Waals surface area contributed by atoms with Crippen molar-refractivity contribution in [3.05, 3.63) is 39.0 Å². The van der Waals surface area contributed by atoms with Crippen LogP contribution in [0.2, 0.25) is 0 Å². The van der Waals surface area contributed by atoms with Gasteiger partial charge in [-0.05, 0) is 44.4 Å². The van der Waals surface area contributed by atoms with Gasteiger partial charge in [0.2, 0.25) is 5.82 Å². The summed E-state index contributed by atoms with van der Waals surface area (Å²) in [5.41, 5.74) is 4.94. The zero-order valence-electron chi connectivity index (χ0n) is 12.3. The van der Waals surface area contributed by atoms with E-state index < -0.39 is 39.9 Å². The van der Waals surface area contributed by atoms with E-state index in [1.807, 2.05) is 0 Å². The summed E-state index contributed by atoms with van der Waals surface area (Å²) >= 11 is 2.81. The summed E-state index contributed by atoms with van der Waals surface area (Å²) in [7, 11) is 0. The molecule has 1 aromatic carbocycles. The first kappa shape index (κ1) is 9.42. The van der Waals surface area contributed by atoms with Gasteiger partial charge in [0.25, 0.3) is 0 Å². The average Bonchev–Trinajstić information content (AvgIpc) is 3.10. The molecule has 0 fully saturated rings. The Morgan fingerprint density at radius 1 is 1.40 bits per heavy atom. The zero-order valence-corrected chi connectivity index (χ0v) is 10.9. The highest BCUT2D eigenvalue weighted by Crippen LogP contribution is 2.24. The van der Waals surface area contributed by atoms with Crippen LogP contribution in [-0.4, -0.2) is 20.0 Å². The molecule has 0 saturated heterocycles. The first-order valence-corrected chi connectivity index (χ1v) is 5.76. The van der Waals surface area contributed by atoms with E-state index in [0.717, 1.165) is 0 Å². The van der Waals surface area contributed by atoms with Crippen molar-refractivity contribution in [2.45, 2.75) is 0 Å². The van der Waals surface area contributed by atoms with E-state index in [2.05, 4.69) is 40.6 Å². The van der Waals surface area contributed by atoms with Crippen molar-refractivity contribution in [2.24, 2.45) is 0 Å². The third-order valence-corrected chi connectivity index (χ3v) is 2.81. The molecule has 20 heavy (non-hydrogen) atoms. The van der Waals surface area contributed by atoms with Crippen LogP contribution in [0, 0.1) is 5.82 Å². The minimum atomic E-state index is -1.10. The van der Waals surface area contributed by atoms with Gasteiger partial charge in [-0.3, -0.25) is 4.52 Å². The smallest absolute Gasteiger partial charge is 0.379 e. The summed E-state index contributed by atoms with van der Waals surface area (Å²) in [5.74, 6) is -2.69. The van der Waals surface area contributed by atoms with Gasteiger partial charge < -0.3 is 5.73 Å². The Morgan fingerprint density at radius 3 is 2.90 bits per heavy atom. The number of benzene rings is 1. The minimum absolute atomic E-state index is 0.165. The monoisotopic (exact) mass is 344 g/mol. The lowest BCUT2D eigenvalue weighted by atomic mass is 10.3. The van der Waals surface area contributed by atoms with Gasteiger partial charge in [-0.15, -0.1) is 0 Å². The van der Waals surface area contributed by atoms with E-state index in [-0.39, 0.29) is 17.3 Å². The van der Waals surface area contributed by atoms with Gasteiger partial charge in [-0.25, -0.2) is 18.4 Å². The first-order chi connectivity index (χ1) is 10.8. The van der Waals surface area contributed by atoms with Gasteiger partial charge in [-0.1, -0.05) is 5.16 Å². The molecular weight excluding hydrogens is 337 g/mol. The first-order valence-electron chi connectivity index (χ1n) is 6.46. The summed E-state index contributed by atoms with van der Waals surface area (Å²) in [6.45, 7) is 0. The lowest BCUT2D eigenvalue weighted by Gasteiger charge is -2.03. The Morgan fingerprint density at radius 2 is 2.20 bits per heavy atom. The van der Waals surface area contributed by atoms with Crippen LogP contribution >= 0.6 is 15.9 Å². The number of aromatic nitrogens is 4. The van der Waals surface area contributed by atoms with Crippen LogP contribution in [0.4, 0.5) is 10.2 Å². The molecule has 0 unspecified atom stereocenters. The number of rotatable bonds is 2. The zero-order chi connectivity index (χ0) is 16.9. The summed E-state index contributed by atoms with van der Waals surface area (Å²) in [6, 6.07) is -2.07. The van der Waals surface area contributed by atoms with Crippen LogP contribution in [0.5, 0.6) is 0 Å². The lowest BCUT2D eigenvalue weighted by Crippen LogP contribution is -2.13. The molecule has 2 heterocycles. The maximum Gasteiger partial charge on any atom is 0.446 e. The third kappa shape index (κ3) is 1.90. The quantitative estimate of drug-likeness (QED) is 0.746.